The number of carbonyl (C=O) groups is 3. The summed E-state index contributed by atoms with van der Waals surface area (Å²) in [4.78, 5) is 42.1. The third-order valence-corrected chi connectivity index (χ3v) is 8.40. The molecule has 3 aliphatic rings. The van der Waals surface area contributed by atoms with Crippen LogP contribution in [0.25, 0.3) is 0 Å². The van der Waals surface area contributed by atoms with Crippen molar-refractivity contribution in [2.24, 2.45) is 5.92 Å². The average molecular weight is 547 g/mol. The van der Waals surface area contributed by atoms with Gasteiger partial charge < -0.3 is 30.6 Å². The molecular formula is C31H38N4O5. The van der Waals surface area contributed by atoms with Crippen LogP contribution in [0.5, 0.6) is 0 Å². The Balaban J connectivity index is 1.27. The zero-order chi connectivity index (χ0) is 28.3. The van der Waals surface area contributed by atoms with E-state index in [1.54, 1.807) is 41.0 Å². The number of benzene rings is 2. The molecule has 0 aliphatic carbocycles. The number of amides is 3. The molecule has 3 amide bonds. The van der Waals surface area contributed by atoms with E-state index in [0.717, 1.165) is 37.8 Å². The van der Waals surface area contributed by atoms with Crippen LogP contribution in [0, 0.1) is 5.92 Å². The lowest BCUT2D eigenvalue weighted by molar-refractivity contribution is -0.139. The summed E-state index contributed by atoms with van der Waals surface area (Å²) in [5.41, 5.74) is 0.983. The Kier molecular flexibility index (Phi) is 8.35. The minimum Gasteiger partial charge on any atom is -0.394 e. The summed E-state index contributed by atoms with van der Waals surface area (Å²) in [6.07, 6.45) is 7.10. The Morgan fingerprint density at radius 3 is 2.65 bits per heavy atom. The second-order valence-corrected chi connectivity index (χ2v) is 11.0. The largest absolute Gasteiger partial charge is 0.394 e. The molecule has 4 atom stereocenters. The van der Waals surface area contributed by atoms with Crippen LogP contribution in [0.3, 0.4) is 0 Å². The number of fused-ring (bicyclic) bond motifs is 1. The first kappa shape index (κ1) is 28.0. The molecule has 4 N–H and O–H groups in total. The smallest absolute Gasteiger partial charge is 0.264 e. The molecule has 0 unspecified atom stereocenters. The maximum absolute atomic E-state index is 13.8. The van der Waals surface area contributed by atoms with Crippen molar-refractivity contribution in [1.82, 2.24) is 10.2 Å². The summed E-state index contributed by atoms with van der Waals surface area (Å²) in [6.45, 7) is 3.50. The number of rotatable bonds is 9. The van der Waals surface area contributed by atoms with Crippen molar-refractivity contribution in [1.29, 1.82) is 0 Å². The van der Waals surface area contributed by atoms with Crippen LogP contribution in [-0.2, 0) is 26.5 Å². The summed E-state index contributed by atoms with van der Waals surface area (Å²) in [6, 6.07) is 14.3. The molecule has 5 rings (SSSR count). The molecular weight excluding hydrogens is 508 g/mol. The van der Waals surface area contributed by atoms with Gasteiger partial charge in [-0.15, -0.1) is 0 Å². The average Bonchev–Trinajstić information content (AvgIpc) is 3.72. The van der Waals surface area contributed by atoms with Crippen LogP contribution in [0.4, 0.5) is 11.4 Å². The van der Waals surface area contributed by atoms with E-state index in [4.69, 9.17) is 0 Å². The molecule has 3 aliphatic heterocycles. The zero-order valence-electron chi connectivity index (χ0n) is 22.9. The number of nitrogens with zero attached hydrogens (tertiary/aromatic N) is 2. The Labute approximate surface area is 234 Å². The Hall–Kier alpha value is -3.53. The molecule has 9 nitrogen and oxygen atoms in total. The van der Waals surface area contributed by atoms with E-state index in [2.05, 4.69) is 10.6 Å². The summed E-state index contributed by atoms with van der Waals surface area (Å²) in [5.74, 6) is -1.10. The quantitative estimate of drug-likeness (QED) is 0.359. The van der Waals surface area contributed by atoms with Gasteiger partial charge in [0, 0.05) is 30.1 Å². The molecule has 3 heterocycles. The second-order valence-electron chi connectivity index (χ2n) is 11.0. The second kappa shape index (κ2) is 11.9. The predicted molar refractivity (Wildman–Crippen MR) is 152 cm³/mol. The SMILES string of the molecule is C[C@@H](/C=C/CC(=O)N1CCC[C@H]1CO)[C@]1(O)C(=O)N(Cc2ccc(NC(=O)[C@H]3CCCN3)cc2)c2ccccc21. The van der Waals surface area contributed by atoms with Gasteiger partial charge in [0.1, 0.15) is 0 Å². The lowest BCUT2D eigenvalue weighted by Crippen LogP contribution is -2.44. The number of aliphatic hydroxyl groups excluding tert-OH is 1. The highest BCUT2D eigenvalue weighted by Gasteiger charge is 2.52. The van der Waals surface area contributed by atoms with E-state index in [-0.39, 0.29) is 43.5 Å². The molecule has 40 heavy (non-hydrogen) atoms. The molecule has 0 bridgehead atoms. The van der Waals surface area contributed by atoms with E-state index in [9.17, 15) is 24.6 Å². The molecule has 0 spiro atoms. The van der Waals surface area contributed by atoms with Crippen LogP contribution in [-0.4, -0.2) is 64.6 Å². The fourth-order valence-electron chi connectivity index (χ4n) is 6.06. The number of likely N-dealkylation sites (tertiary alicyclic amines) is 1. The van der Waals surface area contributed by atoms with Crippen molar-refractivity contribution >= 4 is 29.1 Å². The maximum Gasteiger partial charge on any atom is 0.264 e. The van der Waals surface area contributed by atoms with Gasteiger partial charge in [-0.25, -0.2) is 0 Å². The third-order valence-electron chi connectivity index (χ3n) is 8.40. The fraction of sp³-hybridized carbons (Fsp3) is 0.452. The van der Waals surface area contributed by atoms with Crippen molar-refractivity contribution < 1.29 is 24.6 Å². The van der Waals surface area contributed by atoms with Gasteiger partial charge >= 0.3 is 0 Å². The summed E-state index contributed by atoms with van der Waals surface area (Å²) >= 11 is 0. The lowest BCUT2D eigenvalue weighted by atomic mass is 9.83. The molecule has 2 saturated heterocycles. The standard InChI is InChI=1S/C31H38N4O5/c1-21(7-4-12-28(37)34-18-6-8-24(34)20-36)31(40)25-9-2-3-11-27(25)35(30(31)39)19-22-13-15-23(16-14-22)33-29(38)26-10-5-17-32-26/h2-4,7,9,11,13-16,21,24,26,32,36,40H,5-6,8,10,12,17-20H2,1H3,(H,33,38)/b7-4+/t21-,24-,26+,31+/m0/s1. The summed E-state index contributed by atoms with van der Waals surface area (Å²) < 4.78 is 0. The molecule has 212 valence electrons. The molecule has 2 aromatic carbocycles. The number of para-hydroxylation sites is 1. The highest BCUT2D eigenvalue weighted by molar-refractivity contribution is 6.07. The number of aliphatic hydroxyl groups is 2. The fourth-order valence-corrected chi connectivity index (χ4v) is 6.06. The van der Waals surface area contributed by atoms with Crippen LogP contribution >= 0.6 is 0 Å². The van der Waals surface area contributed by atoms with Crippen LogP contribution in [0.15, 0.2) is 60.7 Å². The number of carbonyl (C=O) groups excluding carboxylic acids is 3. The maximum atomic E-state index is 13.8. The van der Waals surface area contributed by atoms with E-state index in [0.29, 0.717) is 23.5 Å². The first-order valence-corrected chi connectivity index (χ1v) is 14.2. The van der Waals surface area contributed by atoms with Gasteiger partial charge in [-0.05, 0) is 56.0 Å². The molecule has 0 radical (unpaired) electrons. The van der Waals surface area contributed by atoms with Gasteiger partial charge in [-0.1, -0.05) is 49.4 Å². The Morgan fingerprint density at radius 1 is 1.15 bits per heavy atom. The Bertz CT molecular complexity index is 1270. The zero-order valence-corrected chi connectivity index (χ0v) is 22.9. The lowest BCUT2D eigenvalue weighted by Gasteiger charge is -2.28. The van der Waals surface area contributed by atoms with Crippen molar-refractivity contribution in [3.8, 4) is 0 Å². The molecule has 2 aromatic rings. The first-order chi connectivity index (χ1) is 19.3. The van der Waals surface area contributed by atoms with E-state index >= 15 is 0 Å². The molecule has 0 aromatic heterocycles. The topological polar surface area (TPSA) is 122 Å². The minimum absolute atomic E-state index is 0.0396. The number of anilines is 2. The van der Waals surface area contributed by atoms with Crippen LogP contribution in [0.2, 0.25) is 0 Å². The minimum atomic E-state index is -1.76. The van der Waals surface area contributed by atoms with Crippen molar-refractivity contribution in [2.45, 2.75) is 63.3 Å². The van der Waals surface area contributed by atoms with Gasteiger partial charge in [0.2, 0.25) is 11.8 Å². The molecule has 0 saturated carbocycles. The monoisotopic (exact) mass is 546 g/mol. The van der Waals surface area contributed by atoms with Crippen molar-refractivity contribution in [3.05, 3.63) is 71.8 Å². The van der Waals surface area contributed by atoms with Crippen molar-refractivity contribution in [2.75, 3.05) is 29.9 Å². The van der Waals surface area contributed by atoms with E-state index in [1.165, 1.54) is 0 Å². The number of hydrogen-bond donors (Lipinski definition) is 4. The van der Waals surface area contributed by atoms with Gasteiger partial charge in [0.05, 0.1) is 30.9 Å². The first-order valence-electron chi connectivity index (χ1n) is 14.2. The van der Waals surface area contributed by atoms with E-state index < -0.39 is 17.4 Å². The highest BCUT2D eigenvalue weighted by atomic mass is 16.3. The summed E-state index contributed by atoms with van der Waals surface area (Å²) in [5, 5.41) is 27.4. The molecule has 9 heteroatoms. The predicted octanol–water partition coefficient (Wildman–Crippen LogP) is 2.68. The van der Waals surface area contributed by atoms with Gasteiger partial charge in [0.25, 0.3) is 5.91 Å². The number of nitrogens with one attached hydrogen (secondary N) is 2. The van der Waals surface area contributed by atoms with Crippen LogP contribution in [0.1, 0.15) is 50.2 Å². The van der Waals surface area contributed by atoms with Gasteiger partial charge in [-0.2, -0.15) is 0 Å². The normalized spacial score (nSPS) is 25.0. The van der Waals surface area contributed by atoms with Gasteiger partial charge in [0.15, 0.2) is 5.60 Å². The Morgan fingerprint density at radius 2 is 1.93 bits per heavy atom. The van der Waals surface area contributed by atoms with Gasteiger partial charge in [-0.3, -0.25) is 14.4 Å². The van der Waals surface area contributed by atoms with E-state index in [1.807, 2.05) is 36.4 Å². The highest BCUT2D eigenvalue weighted by Crippen LogP contribution is 2.45. The van der Waals surface area contributed by atoms with Crippen molar-refractivity contribution in [3.63, 3.8) is 0 Å². The summed E-state index contributed by atoms with van der Waals surface area (Å²) in [7, 11) is 0. The van der Waals surface area contributed by atoms with Crippen LogP contribution < -0.4 is 15.5 Å². The third kappa shape index (κ3) is 5.41. The number of hydrogen-bond acceptors (Lipinski definition) is 6. The molecule has 2 fully saturated rings.